The quantitative estimate of drug-likeness (QED) is 0.540. The Kier molecular flexibility index (Phi) is 5.50. The summed E-state index contributed by atoms with van der Waals surface area (Å²) in [5.74, 6) is -0.849. The molecule has 1 unspecified atom stereocenters. The fraction of sp³-hybridized carbons (Fsp3) is 0.625. The molecular weight excluding hydrogens is 172 g/mol. The fourth-order valence-corrected chi connectivity index (χ4v) is 0.817. The molecule has 0 fully saturated rings. The summed E-state index contributed by atoms with van der Waals surface area (Å²) in [6.45, 7) is 1.67. The van der Waals surface area contributed by atoms with E-state index in [9.17, 15) is 14.4 Å². The topological polar surface area (TPSA) is 89.3 Å². The zero-order valence-corrected chi connectivity index (χ0v) is 7.58. The maximum absolute atomic E-state index is 10.9. The van der Waals surface area contributed by atoms with Crippen molar-refractivity contribution in [2.45, 2.75) is 32.2 Å². The van der Waals surface area contributed by atoms with Gasteiger partial charge in [0, 0.05) is 12.8 Å². The first-order chi connectivity index (χ1) is 6.11. The third-order valence-electron chi connectivity index (χ3n) is 1.57. The fourth-order valence-electron chi connectivity index (χ4n) is 0.817. The lowest BCUT2D eigenvalue weighted by atomic mass is 10.1. The van der Waals surface area contributed by atoms with E-state index in [1.807, 2.05) is 0 Å². The van der Waals surface area contributed by atoms with Crippen molar-refractivity contribution in [1.82, 2.24) is 5.32 Å². The van der Waals surface area contributed by atoms with Gasteiger partial charge in [-0.1, -0.05) is 6.92 Å². The Morgan fingerprint density at radius 1 is 1.54 bits per heavy atom. The first kappa shape index (κ1) is 11.6. The van der Waals surface area contributed by atoms with E-state index in [0.717, 1.165) is 0 Å². The molecule has 0 aromatic heterocycles. The van der Waals surface area contributed by atoms with Gasteiger partial charge in [0.2, 0.25) is 11.8 Å². The predicted molar refractivity (Wildman–Crippen MR) is 46.7 cm³/mol. The largest absolute Gasteiger partial charge is 0.368 e. The van der Waals surface area contributed by atoms with Gasteiger partial charge in [-0.25, -0.2) is 0 Å². The van der Waals surface area contributed by atoms with E-state index < -0.39 is 11.9 Å². The summed E-state index contributed by atoms with van der Waals surface area (Å²) in [4.78, 5) is 31.7. The van der Waals surface area contributed by atoms with Crippen LogP contribution in [0.4, 0.5) is 0 Å². The average Bonchev–Trinajstić information content (AvgIpc) is 2.11. The molecular formula is C8H14N2O3. The van der Waals surface area contributed by atoms with Gasteiger partial charge in [-0.3, -0.25) is 9.59 Å². The summed E-state index contributed by atoms with van der Waals surface area (Å²) in [7, 11) is 0. The van der Waals surface area contributed by atoms with Gasteiger partial charge in [0.15, 0.2) is 0 Å². The third kappa shape index (κ3) is 4.95. The maximum Gasteiger partial charge on any atom is 0.240 e. The summed E-state index contributed by atoms with van der Waals surface area (Å²) in [6, 6.07) is -0.724. The maximum atomic E-state index is 10.9. The standard InChI is InChI=1S/C8H14N2O3/c1-2-7(12)10-6(8(9)13)4-3-5-11/h5-6H,2-4H2,1H3,(H2,9,13)(H,10,12). The Bertz CT molecular complexity index is 204. The van der Waals surface area contributed by atoms with Gasteiger partial charge in [-0.2, -0.15) is 0 Å². The van der Waals surface area contributed by atoms with Crippen molar-refractivity contribution >= 4 is 18.1 Å². The van der Waals surface area contributed by atoms with Gasteiger partial charge in [0.25, 0.3) is 0 Å². The molecule has 0 aliphatic heterocycles. The SMILES string of the molecule is CCC(=O)NC(CCC=O)C(N)=O. The number of aldehydes is 1. The van der Waals surface area contributed by atoms with Crippen molar-refractivity contribution in [2.24, 2.45) is 5.73 Å². The average molecular weight is 186 g/mol. The van der Waals surface area contributed by atoms with Gasteiger partial charge in [0.05, 0.1) is 0 Å². The molecule has 0 saturated carbocycles. The lowest BCUT2D eigenvalue weighted by Crippen LogP contribution is -2.44. The van der Waals surface area contributed by atoms with E-state index in [-0.39, 0.29) is 18.7 Å². The summed E-state index contributed by atoms with van der Waals surface area (Å²) in [6.07, 6.45) is 1.47. The van der Waals surface area contributed by atoms with E-state index in [2.05, 4.69) is 5.32 Å². The van der Waals surface area contributed by atoms with Crippen molar-refractivity contribution in [3.8, 4) is 0 Å². The van der Waals surface area contributed by atoms with Crippen LogP contribution in [0, 0.1) is 0 Å². The number of hydrogen-bond acceptors (Lipinski definition) is 3. The van der Waals surface area contributed by atoms with Crippen LogP contribution in [0.1, 0.15) is 26.2 Å². The molecule has 0 radical (unpaired) electrons. The number of amides is 2. The number of primary amides is 1. The molecule has 1 atom stereocenters. The summed E-state index contributed by atoms with van der Waals surface area (Å²) >= 11 is 0. The van der Waals surface area contributed by atoms with E-state index in [1.54, 1.807) is 6.92 Å². The number of rotatable bonds is 6. The van der Waals surface area contributed by atoms with Gasteiger partial charge >= 0.3 is 0 Å². The Hall–Kier alpha value is -1.39. The predicted octanol–water partition coefficient (Wildman–Crippen LogP) is -0.654. The minimum absolute atomic E-state index is 0.220. The lowest BCUT2D eigenvalue weighted by molar-refractivity contribution is -0.127. The van der Waals surface area contributed by atoms with Crippen LogP contribution < -0.4 is 11.1 Å². The van der Waals surface area contributed by atoms with Crippen LogP contribution in [0.3, 0.4) is 0 Å². The second-order valence-electron chi connectivity index (χ2n) is 2.62. The highest BCUT2D eigenvalue weighted by atomic mass is 16.2. The molecule has 0 aromatic carbocycles. The van der Waals surface area contributed by atoms with Crippen molar-refractivity contribution in [1.29, 1.82) is 0 Å². The van der Waals surface area contributed by atoms with E-state index in [1.165, 1.54) is 0 Å². The third-order valence-corrected chi connectivity index (χ3v) is 1.57. The van der Waals surface area contributed by atoms with E-state index in [0.29, 0.717) is 12.7 Å². The van der Waals surface area contributed by atoms with Crippen LogP contribution in [0.5, 0.6) is 0 Å². The monoisotopic (exact) mass is 186 g/mol. The first-order valence-electron chi connectivity index (χ1n) is 4.14. The number of hydrogen-bond donors (Lipinski definition) is 2. The van der Waals surface area contributed by atoms with Gasteiger partial charge in [0.1, 0.15) is 12.3 Å². The Morgan fingerprint density at radius 3 is 2.54 bits per heavy atom. The number of carbonyl (C=O) groups excluding carboxylic acids is 3. The molecule has 0 heterocycles. The van der Waals surface area contributed by atoms with Crippen LogP contribution in [0.15, 0.2) is 0 Å². The van der Waals surface area contributed by atoms with E-state index >= 15 is 0 Å². The first-order valence-corrected chi connectivity index (χ1v) is 4.14. The Labute approximate surface area is 76.7 Å². The van der Waals surface area contributed by atoms with Gasteiger partial charge < -0.3 is 15.8 Å². The number of carbonyl (C=O) groups is 3. The molecule has 5 heteroatoms. The van der Waals surface area contributed by atoms with Gasteiger partial charge in [-0.15, -0.1) is 0 Å². The number of nitrogens with two attached hydrogens (primary N) is 1. The van der Waals surface area contributed by atoms with Crippen molar-refractivity contribution in [2.75, 3.05) is 0 Å². The van der Waals surface area contributed by atoms with Crippen molar-refractivity contribution < 1.29 is 14.4 Å². The van der Waals surface area contributed by atoms with Crippen LogP contribution in [0.2, 0.25) is 0 Å². The second kappa shape index (κ2) is 6.16. The van der Waals surface area contributed by atoms with Crippen LogP contribution in [0.25, 0.3) is 0 Å². The molecule has 3 N–H and O–H groups in total. The normalized spacial score (nSPS) is 11.8. The van der Waals surface area contributed by atoms with Gasteiger partial charge in [-0.05, 0) is 6.42 Å². The molecule has 0 spiro atoms. The molecule has 0 aromatic rings. The Balaban J connectivity index is 4.01. The molecule has 0 aliphatic rings. The minimum atomic E-state index is -0.724. The van der Waals surface area contributed by atoms with Crippen LogP contribution in [-0.4, -0.2) is 24.1 Å². The molecule has 74 valence electrons. The zero-order valence-electron chi connectivity index (χ0n) is 7.58. The molecule has 5 nitrogen and oxygen atoms in total. The Morgan fingerprint density at radius 2 is 2.15 bits per heavy atom. The summed E-state index contributed by atoms with van der Waals surface area (Å²) < 4.78 is 0. The van der Waals surface area contributed by atoms with Crippen LogP contribution in [-0.2, 0) is 14.4 Å². The summed E-state index contributed by atoms with van der Waals surface area (Å²) in [5.41, 5.74) is 5.01. The molecule has 0 aliphatic carbocycles. The van der Waals surface area contributed by atoms with E-state index in [4.69, 9.17) is 5.73 Å². The molecule has 0 bridgehead atoms. The zero-order chi connectivity index (χ0) is 10.3. The number of nitrogens with one attached hydrogen (secondary N) is 1. The highest BCUT2D eigenvalue weighted by molar-refractivity contribution is 5.86. The smallest absolute Gasteiger partial charge is 0.240 e. The molecule has 2 amide bonds. The summed E-state index contributed by atoms with van der Waals surface area (Å²) in [5, 5.41) is 2.43. The van der Waals surface area contributed by atoms with Crippen molar-refractivity contribution in [3.05, 3.63) is 0 Å². The highest BCUT2D eigenvalue weighted by Gasteiger charge is 2.15. The molecule has 0 rings (SSSR count). The van der Waals surface area contributed by atoms with Crippen molar-refractivity contribution in [3.63, 3.8) is 0 Å². The van der Waals surface area contributed by atoms with Crippen LogP contribution >= 0.6 is 0 Å². The molecule has 13 heavy (non-hydrogen) atoms. The lowest BCUT2D eigenvalue weighted by Gasteiger charge is -2.12. The second-order valence-corrected chi connectivity index (χ2v) is 2.62. The minimum Gasteiger partial charge on any atom is -0.368 e. The highest BCUT2D eigenvalue weighted by Crippen LogP contribution is 1.95. The molecule has 0 saturated heterocycles.